The number of carbonyl (C=O) groups excluding carboxylic acids is 1. The number of hydrogen-bond acceptors (Lipinski definition) is 3. The zero-order valence-corrected chi connectivity index (χ0v) is 11.1. The van der Waals surface area contributed by atoms with Gasteiger partial charge in [0.05, 0.1) is 11.3 Å². The van der Waals surface area contributed by atoms with Gasteiger partial charge < -0.3 is 5.32 Å². The molecule has 0 fully saturated rings. The lowest BCUT2D eigenvalue weighted by molar-refractivity contribution is 0.0939. The van der Waals surface area contributed by atoms with Gasteiger partial charge in [0.2, 0.25) is 0 Å². The van der Waals surface area contributed by atoms with Crippen molar-refractivity contribution in [1.29, 1.82) is 0 Å². The molecule has 16 heavy (non-hydrogen) atoms. The number of carbonyl (C=O) groups is 1. The number of aromatic nitrogens is 2. The van der Waals surface area contributed by atoms with Gasteiger partial charge in [-0.05, 0) is 26.5 Å². The number of H-pyrrole nitrogens is 1. The summed E-state index contributed by atoms with van der Waals surface area (Å²) in [5.74, 6) is 0.919. The van der Waals surface area contributed by atoms with Crippen LogP contribution in [-0.4, -0.2) is 34.2 Å². The smallest absolute Gasteiger partial charge is 0.255 e. The monoisotopic (exact) mass is 241 g/mol. The summed E-state index contributed by atoms with van der Waals surface area (Å²) in [6.45, 7) is 5.79. The molecule has 1 atom stereocenters. The van der Waals surface area contributed by atoms with Gasteiger partial charge >= 0.3 is 0 Å². The highest BCUT2D eigenvalue weighted by molar-refractivity contribution is 7.98. The van der Waals surface area contributed by atoms with Crippen molar-refractivity contribution in [3.8, 4) is 0 Å². The van der Waals surface area contributed by atoms with Gasteiger partial charge in [0.15, 0.2) is 0 Å². The van der Waals surface area contributed by atoms with Crippen molar-refractivity contribution in [2.45, 2.75) is 33.2 Å². The molecule has 5 heteroatoms. The summed E-state index contributed by atoms with van der Waals surface area (Å²) in [6, 6.07) is 0.233. The molecule has 1 amide bonds. The molecule has 0 bridgehead atoms. The quantitative estimate of drug-likeness (QED) is 0.827. The minimum absolute atomic E-state index is 0.0235. The number of aryl methyl sites for hydroxylation is 2. The molecule has 0 aliphatic rings. The van der Waals surface area contributed by atoms with Crippen LogP contribution in [0.2, 0.25) is 0 Å². The first kappa shape index (κ1) is 13.1. The van der Waals surface area contributed by atoms with Crippen molar-refractivity contribution in [3.05, 3.63) is 17.0 Å². The second-order valence-electron chi connectivity index (χ2n) is 3.84. The molecule has 0 saturated heterocycles. The van der Waals surface area contributed by atoms with E-state index in [1.807, 2.05) is 20.1 Å². The van der Waals surface area contributed by atoms with E-state index in [-0.39, 0.29) is 11.9 Å². The highest BCUT2D eigenvalue weighted by Gasteiger charge is 2.17. The van der Waals surface area contributed by atoms with Crippen molar-refractivity contribution >= 4 is 17.7 Å². The number of aromatic amines is 1. The number of nitrogens with zero attached hydrogens (tertiary/aromatic N) is 1. The van der Waals surface area contributed by atoms with Crippen molar-refractivity contribution < 1.29 is 4.79 Å². The second-order valence-corrected chi connectivity index (χ2v) is 4.75. The average molecular weight is 241 g/mol. The third kappa shape index (κ3) is 3.01. The molecule has 0 aliphatic heterocycles. The van der Waals surface area contributed by atoms with Crippen LogP contribution < -0.4 is 5.32 Å². The van der Waals surface area contributed by atoms with Crippen molar-refractivity contribution in [3.63, 3.8) is 0 Å². The summed E-state index contributed by atoms with van der Waals surface area (Å²) < 4.78 is 0. The molecule has 1 aromatic rings. The summed E-state index contributed by atoms with van der Waals surface area (Å²) in [7, 11) is 0. The number of nitrogens with one attached hydrogen (secondary N) is 2. The lowest BCUT2D eigenvalue weighted by Crippen LogP contribution is -2.36. The van der Waals surface area contributed by atoms with E-state index >= 15 is 0 Å². The Labute approximate surface area is 101 Å². The van der Waals surface area contributed by atoms with Crippen LogP contribution in [0, 0.1) is 13.8 Å². The van der Waals surface area contributed by atoms with E-state index in [1.165, 1.54) is 0 Å². The maximum atomic E-state index is 12.0. The van der Waals surface area contributed by atoms with Gasteiger partial charge in [-0.1, -0.05) is 6.92 Å². The molecule has 90 valence electrons. The maximum Gasteiger partial charge on any atom is 0.255 e. The molecular weight excluding hydrogens is 222 g/mol. The zero-order chi connectivity index (χ0) is 12.1. The zero-order valence-electron chi connectivity index (χ0n) is 10.3. The Bertz CT molecular complexity index is 343. The first-order valence-corrected chi connectivity index (χ1v) is 6.80. The maximum absolute atomic E-state index is 12.0. The lowest BCUT2D eigenvalue weighted by Gasteiger charge is -2.15. The molecule has 1 heterocycles. The molecule has 1 rings (SSSR count). The molecular formula is C11H19N3OS. The van der Waals surface area contributed by atoms with Crippen LogP contribution in [-0.2, 0) is 0 Å². The van der Waals surface area contributed by atoms with Gasteiger partial charge in [-0.3, -0.25) is 9.89 Å². The third-order valence-electron chi connectivity index (χ3n) is 2.55. The van der Waals surface area contributed by atoms with E-state index in [2.05, 4.69) is 22.4 Å². The van der Waals surface area contributed by atoms with Gasteiger partial charge in [0.25, 0.3) is 5.91 Å². The Kier molecular flexibility index (Phi) is 4.86. The third-order valence-corrected chi connectivity index (χ3v) is 3.29. The van der Waals surface area contributed by atoms with Crippen LogP contribution >= 0.6 is 11.8 Å². The fourth-order valence-electron chi connectivity index (χ4n) is 1.61. The fourth-order valence-corrected chi connectivity index (χ4v) is 2.33. The van der Waals surface area contributed by atoms with Crippen molar-refractivity contribution in [2.24, 2.45) is 0 Å². The normalized spacial score (nSPS) is 12.5. The molecule has 2 N–H and O–H groups in total. The number of amides is 1. The average Bonchev–Trinajstić information content (AvgIpc) is 2.57. The van der Waals surface area contributed by atoms with Crippen LogP contribution in [0.5, 0.6) is 0 Å². The van der Waals surface area contributed by atoms with E-state index in [1.54, 1.807) is 11.8 Å². The lowest BCUT2D eigenvalue weighted by atomic mass is 10.1. The van der Waals surface area contributed by atoms with Crippen LogP contribution in [0.1, 0.15) is 35.1 Å². The topological polar surface area (TPSA) is 57.8 Å². The van der Waals surface area contributed by atoms with Gasteiger partial charge in [0.1, 0.15) is 0 Å². The Hall–Kier alpha value is -0.970. The summed E-state index contributed by atoms with van der Waals surface area (Å²) in [6.07, 6.45) is 2.99. The molecule has 4 nitrogen and oxygen atoms in total. The minimum atomic E-state index is -0.0235. The molecule has 0 aromatic carbocycles. The highest BCUT2D eigenvalue weighted by Crippen LogP contribution is 2.10. The fraction of sp³-hybridized carbons (Fsp3) is 0.636. The Morgan fingerprint density at radius 1 is 1.56 bits per heavy atom. The SMILES string of the molecule is CCC(CSC)NC(=O)c1c(C)n[nH]c1C. The second kappa shape index (κ2) is 5.94. The summed E-state index contributed by atoms with van der Waals surface area (Å²) in [5, 5.41) is 9.88. The van der Waals surface area contributed by atoms with Crippen molar-refractivity contribution in [2.75, 3.05) is 12.0 Å². The molecule has 0 aliphatic carbocycles. The molecule has 1 aromatic heterocycles. The largest absolute Gasteiger partial charge is 0.348 e. The van der Waals surface area contributed by atoms with Gasteiger partial charge in [-0.25, -0.2) is 0 Å². The van der Waals surface area contributed by atoms with Gasteiger partial charge in [0, 0.05) is 17.5 Å². The van der Waals surface area contributed by atoms with E-state index in [9.17, 15) is 4.79 Å². The van der Waals surface area contributed by atoms with Crippen LogP contribution in [0.4, 0.5) is 0 Å². The van der Waals surface area contributed by atoms with Crippen molar-refractivity contribution in [1.82, 2.24) is 15.5 Å². The predicted octanol–water partition coefficient (Wildman–Crippen LogP) is 1.90. The van der Waals surface area contributed by atoms with Gasteiger partial charge in [-0.2, -0.15) is 16.9 Å². The number of hydrogen-bond donors (Lipinski definition) is 2. The van der Waals surface area contributed by atoms with E-state index < -0.39 is 0 Å². The molecule has 0 radical (unpaired) electrons. The molecule has 0 spiro atoms. The van der Waals surface area contributed by atoms with E-state index in [4.69, 9.17) is 0 Å². The van der Waals surface area contributed by atoms with E-state index in [0.717, 1.165) is 23.6 Å². The standard InChI is InChI=1S/C11H19N3OS/c1-5-9(6-16-4)12-11(15)10-7(2)13-14-8(10)3/h9H,5-6H2,1-4H3,(H,12,15)(H,13,14). The van der Waals surface area contributed by atoms with Gasteiger partial charge in [-0.15, -0.1) is 0 Å². The number of thioether (sulfide) groups is 1. The summed E-state index contributed by atoms with van der Waals surface area (Å²) in [4.78, 5) is 12.0. The number of rotatable bonds is 5. The first-order chi connectivity index (χ1) is 7.60. The van der Waals surface area contributed by atoms with Crippen LogP contribution in [0.25, 0.3) is 0 Å². The van der Waals surface area contributed by atoms with E-state index in [0.29, 0.717) is 5.56 Å². The predicted molar refractivity (Wildman–Crippen MR) is 68.0 cm³/mol. The summed E-state index contributed by atoms with van der Waals surface area (Å²) in [5.41, 5.74) is 2.27. The Morgan fingerprint density at radius 3 is 2.69 bits per heavy atom. The summed E-state index contributed by atoms with van der Waals surface area (Å²) >= 11 is 1.74. The Morgan fingerprint density at radius 2 is 2.25 bits per heavy atom. The van der Waals surface area contributed by atoms with Crippen LogP contribution in [0.3, 0.4) is 0 Å². The molecule has 1 unspecified atom stereocenters. The van der Waals surface area contributed by atoms with Crippen LogP contribution in [0.15, 0.2) is 0 Å². The first-order valence-electron chi connectivity index (χ1n) is 5.41. The Balaban J connectivity index is 2.71. The highest BCUT2D eigenvalue weighted by atomic mass is 32.2. The minimum Gasteiger partial charge on any atom is -0.348 e. The molecule has 0 saturated carbocycles.